The van der Waals surface area contributed by atoms with Crippen LogP contribution in [0.3, 0.4) is 0 Å². The van der Waals surface area contributed by atoms with Crippen LogP contribution in [0.4, 0.5) is 39.5 Å². The largest absolute Gasteiger partial charge is 0.417 e. The third kappa shape index (κ3) is 2.96. The monoisotopic (exact) mass is 346 g/mol. The summed E-state index contributed by atoms with van der Waals surface area (Å²) in [7, 11) is 0. The first-order valence-corrected chi connectivity index (χ1v) is 6.03. The van der Waals surface area contributed by atoms with Crippen molar-refractivity contribution in [3.8, 4) is 0 Å². The molecule has 0 radical (unpaired) electrons. The van der Waals surface area contributed by atoms with E-state index >= 15 is 0 Å². The van der Waals surface area contributed by atoms with Gasteiger partial charge in [0.1, 0.15) is 0 Å². The van der Waals surface area contributed by atoms with Gasteiger partial charge in [0.05, 0.1) is 16.7 Å². The van der Waals surface area contributed by atoms with Crippen molar-refractivity contribution in [2.45, 2.75) is 25.5 Å². The molecule has 0 aliphatic heterocycles. The average Bonchev–Trinajstić information content (AvgIpc) is 2.34. The molecule has 0 unspecified atom stereocenters. The highest BCUT2D eigenvalue weighted by atomic mass is 19.4. The fourth-order valence-corrected chi connectivity index (χ4v) is 2.54. The van der Waals surface area contributed by atoms with E-state index in [9.17, 15) is 39.5 Å². The summed E-state index contributed by atoms with van der Waals surface area (Å²) in [5.41, 5.74) is -8.23. The second kappa shape index (κ2) is 5.04. The first-order valence-electron chi connectivity index (χ1n) is 6.03. The molecule has 0 aliphatic carbocycles. The number of hydrogen-bond acceptors (Lipinski definition) is 0. The van der Waals surface area contributed by atoms with Crippen LogP contribution in [0.1, 0.15) is 22.3 Å². The van der Waals surface area contributed by atoms with Crippen LogP contribution in [0.5, 0.6) is 0 Å². The van der Waals surface area contributed by atoms with Crippen LogP contribution >= 0.6 is 0 Å². The molecule has 2 aromatic rings. The molecule has 0 nitrogen and oxygen atoms in total. The maximum absolute atomic E-state index is 13.1. The van der Waals surface area contributed by atoms with E-state index < -0.39 is 51.6 Å². The second-order valence-corrected chi connectivity index (χ2v) is 4.79. The lowest BCUT2D eigenvalue weighted by Gasteiger charge is -2.24. The van der Waals surface area contributed by atoms with Gasteiger partial charge in [-0.3, -0.25) is 0 Å². The molecule has 0 heterocycles. The summed E-state index contributed by atoms with van der Waals surface area (Å²) < 4.78 is 118. The van der Waals surface area contributed by atoms with Gasteiger partial charge in [-0.25, -0.2) is 0 Å². The van der Waals surface area contributed by atoms with Gasteiger partial charge in [0.2, 0.25) is 0 Å². The quantitative estimate of drug-likeness (QED) is 0.498. The van der Waals surface area contributed by atoms with Gasteiger partial charge in [-0.1, -0.05) is 24.3 Å². The van der Waals surface area contributed by atoms with Crippen LogP contribution in [-0.2, 0) is 18.5 Å². The zero-order valence-corrected chi connectivity index (χ0v) is 11.2. The van der Waals surface area contributed by atoms with Crippen molar-refractivity contribution in [1.29, 1.82) is 0 Å². The van der Waals surface area contributed by atoms with Crippen LogP contribution < -0.4 is 0 Å². The van der Waals surface area contributed by atoms with Gasteiger partial charge in [-0.2, -0.15) is 39.5 Å². The van der Waals surface area contributed by atoms with Gasteiger partial charge >= 0.3 is 18.5 Å². The summed E-state index contributed by atoms with van der Waals surface area (Å²) in [6.07, 6.45) is -17.0. The number of alkyl halides is 9. The first kappa shape index (κ1) is 17.4. The lowest BCUT2D eigenvalue weighted by atomic mass is 9.88. The molecule has 2 aromatic carbocycles. The Morgan fingerprint density at radius 2 is 0.957 bits per heavy atom. The van der Waals surface area contributed by atoms with Crippen molar-refractivity contribution < 1.29 is 39.5 Å². The van der Waals surface area contributed by atoms with Gasteiger partial charge in [0.15, 0.2) is 0 Å². The molecule has 0 fully saturated rings. The number of fused-ring (bicyclic) bond motifs is 1. The topological polar surface area (TPSA) is 0 Å². The molecule has 0 amide bonds. The highest BCUT2D eigenvalue weighted by molar-refractivity contribution is 5.92. The van der Waals surface area contributed by atoms with Gasteiger partial charge in [0, 0.05) is 0 Å². The third-order valence-corrected chi connectivity index (χ3v) is 3.33. The van der Waals surface area contributed by atoms with Crippen LogP contribution in [0.15, 0.2) is 24.3 Å². The average molecular weight is 346 g/mol. The maximum atomic E-state index is 13.1. The Labute approximate surface area is 123 Å². The van der Waals surface area contributed by atoms with Crippen molar-refractivity contribution in [2.75, 3.05) is 0 Å². The smallest absolute Gasteiger partial charge is 0.166 e. The molecular weight excluding hydrogens is 339 g/mol. The highest BCUT2D eigenvalue weighted by Gasteiger charge is 2.52. The summed E-state index contributed by atoms with van der Waals surface area (Å²) in [6.45, 7) is 0.723. The number of hydrogen-bond donors (Lipinski definition) is 0. The Bertz CT molecular complexity index is 748. The Hall–Kier alpha value is -1.93. The molecule has 0 aliphatic rings. The molecule has 23 heavy (non-hydrogen) atoms. The summed E-state index contributed by atoms with van der Waals surface area (Å²) >= 11 is 0. The van der Waals surface area contributed by atoms with Crippen LogP contribution in [0.2, 0.25) is 0 Å². The molecule has 0 aromatic heterocycles. The molecule has 126 valence electrons. The molecule has 0 saturated heterocycles. The summed E-state index contributed by atoms with van der Waals surface area (Å²) in [5, 5.41) is -1.45. The normalized spacial score (nSPS) is 13.7. The van der Waals surface area contributed by atoms with E-state index in [0.717, 1.165) is 31.2 Å². The molecule has 0 saturated carbocycles. The molecular formula is C14H7F9. The van der Waals surface area contributed by atoms with Crippen LogP contribution in [0, 0.1) is 6.92 Å². The van der Waals surface area contributed by atoms with Crippen molar-refractivity contribution in [3.63, 3.8) is 0 Å². The van der Waals surface area contributed by atoms with Gasteiger partial charge in [-0.05, 0) is 23.3 Å². The third-order valence-electron chi connectivity index (χ3n) is 3.33. The van der Waals surface area contributed by atoms with Crippen molar-refractivity contribution in [1.82, 2.24) is 0 Å². The van der Waals surface area contributed by atoms with Crippen molar-refractivity contribution in [3.05, 3.63) is 46.5 Å². The molecule has 0 bridgehead atoms. The number of aryl methyl sites for hydroxylation is 1. The van der Waals surface area contributed by atoms with Gasteiger partial charge < -0.3 is 0 Å². The summed E-state index contributed by atoms with van der Waals surface area (Å²) in [4.78, 5) is 0. The minimum atomic E-state index is -5.81. The second-order valence-electron chi connectivity index (χ2n) is 4.79. The molecule has 9 heteroatoms. The Kier molecular flexibility index (Phi) is 3.82. The minimum Gasteiger partial charge on any atom is -0.166 e. The Morgan fingerprint density at radius 1 is 0.565 bits per heavy atom. The molecule has 0 spiro atoms. The van der Waals surface area contributed by atoms with Crippen molar-refractivity contribution >= 4 is 10.8 Å². The minimum absolute atomic E-state index is 0.528. The fraction of sp³-hybridized carbons (Fsp3) is 0.286. The zero-order chi connectivity index (χ0) is 17.8. The standard InChI is InChI=1S/C14H7F9/c1-6-7-4-2-3-5-8(7)10(13(18,19)20)11(14(21,22)23)9(6)12(15,16)17/h2-5H,1H3. The SMILES string of the molecule is Cc1c(C(F)(F)F)c(C(F)(F)F)c(C(F)(F)F)c2ccccc12. The number of rotatable bonds is 0. The van der Waals surface area contributed by atoms with Gasteiger partial charge in [-0.15, -0.1) is 0 Å². The van der Waals surface area contributed by atoms with E-state index in [-0.39, 0.29) is 0 Å². The van der Waals surface area contributed by atoms with E-state index in [4.69, 9.17) is 0 Å². The van der Waals surface area contributed by atoms with E-state index in [1.807, 2.05) is 0 Å². The highest BCUT2D eigenvalue weighted by Crippen LogP contribution is 2.51. The lowest BCUT2D eigenvalue weighted by Crippen LogP contribution is -2.24. The van der Waals surface area contributed by atoms with E-state index in [2.05, 4.69) is 0 Å². The maximum Gasteiger partial charge on any atom is 0.417 e. The lowest BCUT2D eigenvalue weighted by molar-refractivity contribution is -0.174. The van der Waals surface area contributed by atoms with E-state index in [1.165, 1.54) is 0 Å². The summed E-state index contributed by atoms with van der Waals surface area (Å²) in [5.74, 6) is 0. The first-order chi connectivity index (χ1) is 10.3. The Morgan fingerprint density at radius 3 is 1.35 bits per heavy atom. The van der Waals surface area contributed by atoms with Crippen LogP contribution in [-0.4, -0.2) is 0 Å². The Balaban J connectivity index is 3.20. The van der Waals surface area contributed by atoms with Crippen molar-refractivity contribution in [2.24, 2.45) is 0 Å². The predicted octanol–water partition coefficient (Wildman–Crippen LogP) is 6.20. The van der Waals surface area contributed by atoms with E-state index in [1.54, 1.807) is 0 Å². The van der Waals surface area contributed by atoms with Crippen LogP contribution in [0.25, 0.3) is 10.8 Å². The molecule has 0 atom stereocenters. The predicted molar refractivity (Wildman–Crippen MR) is 63.7 cm³/mol. The molecule has 0 N–H and O–H groups in total. The zero-order valence-electron chi connectivity index (χ0n) is 11.2. The van der Waals surface area contributed by atoms with Gasteiger partial charge in [0.25, 0.3) is 0 Å². The molecule has 2 rings (SSSR count). The van der Waals surface area contributed by atoms with E-state index in [0.29, 0.717) is 0 Å². The number of halogens is 9. The number of benzene rings is 2. The summed E-state index contributed by atoms with van der Waals surface area (Å²) in [6, 6.07) is 3.84. The fourth-order valence-electron chi connectivity index (χ4n) is 2.54.